The van der Waals surface area contributed by atoms with Crippen LogP contribution >= 0.6 is 0 Å². The highest BCUT2D eigenvalue weighted by Gasteiger charge is 2.36. The first kappa shape index (κ1) is 33.4. The third kappa shape index (κ3) is 7.31. The standard InChI is InChI=1S/C34H28N8O7S/c1-21-14-24(17-27(15-21)49-31-29(19-43)37-40-38-31)12-13-50(46,47)34(2,3)20-42-30(33(44)45)32(39-41-42)48-26-9-6-22(7-10-26)4-5-23-8-11-28-25(16-23)18-35-36-28/h6-11,14-18,43H,19-20H2,1-3H3,(H,35,36)(H,44,45)(H,37,38,40). The molecule has 3 aromatic carbocycles. The van der Waals surface area contributed by atoms with E-state index >= 15 is 0 Å². The molecule has 0 aliphatic rings. The van der Waals surface area contributed by atoms with Gasteiger partial charge >= 0.3 is 5.97 Å². The number of hydrogen-bond acceptors (Lipinski definition) is 11. The number of aliphatic hydroxyl groups excluding tert-OH is 1. The van der Waals surface area contributed by atoms with E-state index in [2.05, 4.69) is 58.9 Å². The topological polar surface area (TPSA) is 211 Å². The lowest BCUT2D eigenvalue weighted by Crippen LogP contribution is -2.37. The minimum absolute atomic E-state index is 0.0678. The van der Waals surface area contributed by atoms with E-state index in [1.165, 1.54) is 19.9 Å². The van der Waals surface area contributed by atoms with Gasteiger partial charge in [-0.15, -0.1) is 0 Å². The molecule has 0 atom stereocenters. The molecular weight excluding hydrogens is 664 g/mol. The van der Waals surface area contributed by atoms with E-state index in [-0.39, 0.29) is 36.4 Å². The number of sulfone groups is 1. The summed E-state index contributed by atoms with van der Waals surface area (Å²) >= 11 is 0. The van der Waals surface area contributed by atoms with Crippen molar-refractivity contribution in [1.82, 2.24) is 40.6 Å². The van der Waals surface area contributed by atoms with E-state index in [9.17, 15) is 23.4 Å². The van der Waals surface area contributed by atoms with Gasteiger partial charge in [-0.05, 0) is 92.9 Å². The van der Waals surface area contributed by atoms with Crippen LogP contribution in [0.3, 0.4) is 0 Å². The molecule has 252 valence electrons. The largest absolute Gasteiger partial charge is 0.476 e. The fraction of sp³-hybridized carbons (Fsp3) is 0.176. The molecule has 0 fully saturated rings. The van der Waals surface area contributed by atoms with Crippen molar-refractivity contribution >= 4 is 26.7 Å². The van der Waals surface area contributed by atoms with E-state index < -0.39 is 26.2 Å². The number of fused-ring (bicyclic) bond motifs is 1. The molecule has 15 nitrogen and oxygen atoms in total. The van der Waals surface area contributed by atoms with Crippen molar-refractivity contribution in [1.29, 1.82) is 0 Å². The van der Waals surface area contributed by atoms with Crippen molar-refractivity contribution in [2.75, 3.05) is 0 Å². The highest BCUT2D eigenvalue weighted by atomic mass is 32.2. The van der Waals surface area contributed by atoms with Crippen LogP contribution in [0.1, 0.15) is 52.3 Å². The zero-order valence-electron chi connectivity index (χ0n) is 26.8. The average Bonchev–Trinajstić information content (AvgIpc) is 3.83. The van der Waals surface area contributed by atoms with Crippen LogP contribution in [-0.2, 0) is 23.0 Å². The number of H-pyrrole nitrogens is 2. The first-order valence-electron chi connectivity index (χ1n) is 14.9. The van der Waals surface area contributed by atoms with Crippen molar-refractivity contribution in [2.45, 2.75) is 38.7 Å². The molecule has 0 unspecified atom stereocenters. The van der Waals surface area contributed by atoms with E-state index in [4.69, 9.17) is 9.47 Å². The lowest BCUT2D eigenvalue weighted by Gasteiger charge is -2.21. The first-order valence-corrected chi connectivity index (χ1v) is 16.4. The zero-order chi connectivity index (χ0) is 35.5. The monoisotopic (exact) mass is 692 g/mol. The number of carbonyl (C=O) groups is 1. The summed E-state index contributed by atoms with van der Waals surface area (Å²) in [5.74, 6) is 7.75. The van der Waals surface area contributed by atoms with Gasteiger partial charge in [-0.1, -0.05) is 32.5 Å². The van der Waals surface area contributed by atoms with Gasteiger partial charge in [0.1, 0.15) is 17.2 Å². The molecule has 6 aromatic rings. The minimum atomic E-state index is -4.18. The lowest BCUT2D eigenvalue weighted by atomic mass is 10.1. The van der Waals surface area contributed by atoms with Gasteiger partial charge in [-0.25, -0.2) is 17.9 Å². The Morgan fingerprint density at radius 3 is 2.40 bits per heavy atom. The fourth-order valence-electron chi connectivity index (χ4n) is 4.69. The van der Waals surface area contributed by atoms with Crippen molar-refractivity contribution in [3.05, 3.63) is 101 Å². The number of nitrogens with zero attached hydrogens (tertiary/aromatic N) is 6. The van der Waals surface area contributed by atoms with Crippen molar-refractivity contribution in [3.8, 4) is 46.3 Å². The van der Waals surface area contributed by atoms with Crippen molar-refractivity contribution in [3.63, 3.8) is 0 Å². The van der Waals surface area contributed by atoms with E-state index in [0.717, 1.165) is 26.7 Å². The number of benzene rings is 3. The van der Waals surface area contributed by atoms with Gasteiger partial charge in [0.2, 0.25) is 15.5 Å². The predicted octanol–water partition coefficient (Wildman–Crippen LogP) is 3.96. The highest BCUT2D eigenvalue weighted by Crippen LogP contribution is 2.28. The number of hydrogen-bond donors (Lipinski definition) is 4. The predicted molar refractivity (Wildman–Crippen MR) is 179 cm³/mol. The SMILES string of the molecule is Cc1cc(C#CS(=O)(=O)C(C)(C)Cn2nnc(Oc3ccc(C#Cc4ccc5[nH]ncc5c4)cc3)c2C(=O)O)cc(Oc2nn[nH]c2CO)c1. The summed E-state index contributed by atoms with van der Waals surface area (Å²) in [5.41, 5.74) is 3.32. The van der Waals surface area contributed by atoms with Gasteiger partial charge in [0.05, 0.1) is 29.6 Å². The van der Waals surface area contributed by atoms with E-state index in [1.54, 1.807) is 49.5 Å². The number of aromatic carboxylic acids is 1. The molecule has 0 saturated heterocycles. The van der Waals surface area contributed by atoms with Crippen molar-refractivity contribution in [2.24, 2.45) is 0 Å². The maximum absolute atomic E-state index is 13.4. The summed E-state index contributed by atoms with van der Waals surface area (Å²) < 4.78 is 37.6. The Balaban J connectivity index is 1.16. The second-order valence-electron chi connectivity index (χ2n) is 11.6. The smallest absolute Gasteiger partial charge is 0.359 e. The number of aromatic amines is 2. The summed E-state index contributed by atoms with van der Waals surface area (Å²) in [7, 11) is -4.18. The third-order valence-electron chi connectivity index (χ3n) is 7.36. The normalized spacial score (nSPS) is 11.4. The third-order valence-corrected chi connectivity index (χ3v) is 9.32. The number of rotatable bonds is 9. The summed E-state index contributed by atoms with van der Waals surface area (Å²) in [6, 6.07) is 17.2. The van der Waals surface area contributed by atoms with Gasteiger partial charge < -0.3 is 19.7 Å². The van der Waals surface area contributed by atoms with Crippen LogP contribution in [0.25, 0.3) is 10.9 Å². The van der Waals surface area contributed by atoms with Gasteiger partial charge in [0.25, 0.3) is 11.8 Å². The summed E-state index contributed by atoms with van der Waals surface area (Å²) in [6.45, 7) is 3.83. The molecule has 0 aliphatic heterocycles. The molecule has 0 amide bonds. The molecule has 3 heterocycles. The lowest BCUT2D eigenvalue weighted by molar-refractivity contribution is 0.0679. The van der Waals surface area contributed by atoms with Gasteiger partial charge in [-0.2, -0.15) is 5.10 Å². The van der Waals surface area contributed by atoms with Crippen LogP contribution < -0.4 is 9.47 Å². The van der Waals surface area contributed by atoms with Crippen LogP contribution in [0.5, 0.6) is 23.3 Å². The average molecular weight is 693 g/mol. The first-order chi connectivity index (χ1) is 23.9. The van der Waals surface area contributed by atoms with Gasteiger partial charge in [-0.3, -0.25) is 10.2 Å². The number of carboxylic acids is 1. The highest BCUT2D eigenvalue weighted by molar-refractivity contribution is 7.97. The molecule has 0 bridgehead atoms. The number of aryl methyl sites for hydroxylation is 1. The second kappa shape index (κ2) is 13.6. The molecule has 4 N–H and O–H groups in total. The van der Waals surface area contributed by atoms with E-state index in [1.807, 2.05) is 18.2 Å². The molecule has 0 aliphatic carbocycles. The van der Waals surface area contributed by atoms with Gasteiger partial charge in [0.15, 0.2) is 0 Å². The Morgan fingerprint density at radius 2 is 1.64 bits per heavy atom. The van der Waals surface area contributed by atoms with Crippen LogP contribution in [0.15, 0.2) is 66.9 Å². The zero-order valence-corrected chi connectivity index (χ0v) is 27.6. The Labute approximate surface area is 285 Å². The number of aliphatic hydroxyl groups is 1. The number of ether oxygens (including phenoxy) is 2. The fourth-order valence-corrected chi connectivity index (χ4v) is 5.51. The summed E-state index contributed by atoms with van der Waals surface area (Å²) in [6.07, 6.45) is 1.72. The van der Waals surface area contributed by atoms with Gasteiger partial charge in [0, 0.05) is 27.3 Å². The molecule has 6 rings (SSSR count). The number of aromatic nitrogens is 8. The summed E-state index contributed by atoms with van der Waals surface area (Å²) in [5, 5.41) is 47.2. The molecule has 0 spiro atoms. The molecule has 3 aromatic heterocycles. The van der Waals surface area contributed by atoms with Crippen LogP contribution in [-0.4, -0.2) is 69.9 Å². The Morgan fingerprint density at radius 1 is 0.900 bits per heavy atom. The van der Waals surface area contributed by atoms with Crippen LogP contribution in [0.4, 0.5) is 0 Å². The van der Waals surface area contributed by atoms with E-state index in [0.29, 0.717) is 16.9 Å². The number of nitrogens with one attached hydrogen (secondary N) is 2. The van der Waals surface area contributed by atoms with Crippen LogP contribution in [0, 0.1) is 29.9 Å². The maximum Gasteiger partial charge on any atom is 0.359 e. The Bertz CT molecular complexity index is 2460. The number of carboxylic acid groups (broad SMARTS) is 1. The maximum atomic E-state index is 13.4. The Kier molecular flexibility index (Phi) is 9.06. The van der Waals surface area contributed by atoms with Crippen molar-refractivity contribution < 1.29 is 32.9 Å². The molecule has 16 heteroatoms. The quantitative estimate of drug-likeness (QED) is 0.159. The molecule has 50 heavy (non-hydrogen) atoms. The Hall–Kier alpha value is -6.49. The van der Waals surface area contributed by atoms with Crippen LogP contribution in [0.2, 0.25) is 0 Å². The molecule has 0 radical (unpaired) electrons. The summed E-state index contributed by atoms with van der Waals surface area (Å²) in [4.78, 5) is 12.3. The molecule has 0 saturated carbocycles. The minimum Gasteiger partial charge on any atom is -0.476 e. The second-order valence-corrected chi connectivity index (χ2v) is 14.0. The molecular formula is C34H28N8O7S.